The highest BCUT2D eigenvalue weighted by Gasteiger charge is 2.28. The Hall–Kier alpha value is -1.40. The van der Waals surface area contributed by atoms with Crippen LogP contribution in [0.3, 0.4) is 0 Å². The van der Waals surface area contributed by atoms with Crippen LogP contribution < -0.4 is 0 Å². The molecule has 1 aliphatic rings. The molecule has 1 amide bonds. The van der Waals surface area contributed by atoms with Crippen LogP contribution in [0.1, 0.15) is 44.0 Å². The molecule has 0 bridgehead atoms. The molecule has 0 aromatic heterocycles. The zero-order chi connectivity index (χ0) is 17.0. The number of hydrogen-bond acceptors (Lipinski definition) is 3. The van der Waals surface area contributed by atoms with Crippen molar-refractivity contribution >= 4 is 15.9 Å². The fraction of sp³-hybridized carbons (Fsp3) is 0.588. The minimum atomic E-state index is -3.52. The van der Waals surface area contributed by atoms with Crippen molar-refractivity contribution < 1.29 is 13.2 Å². The molecule has 1 aromatic carbocycles. The van der Waals surface area contributed by atoms with Crippen molar-refractivity contribution in [2.45, 2.75) is 38.5 Å². The van der Waals surface area contributed by atoms with E-state index < -0.39 is 10.0 Å². The molecule has 0 radical (unpaired) electrons. The number of benzene rings is 1. The Balaban J connectivity index is 2.26. The first-order valence-corrected chi connectivity index (χ1v) is 9.73. The second-order valence-electron chi connectivity index (χ2n) is 6.09. The molecule has 1 aromatic rings. The number of hydrogen-bond donors (Lipinski definition) is 0. The summed E-state index contributed by atoms with van der Waals surface area (Å²) in [7, 11) is -3.52. The Morgan fingerprint density at radius 1 is 1.22 bits per heavy atom. The number of amides is 1. The van der Waals surface area contributed by atoms with Gasteiger partial charge in [-0.15, -0.1) is 0 Å². The van der Waals surface area contributed by atoms with Gasteiger partial charge in [-0.25, -0.2) is 8.42 Å². The summed E-state index contributed by atoms with van der Waals surface area (Å²) in [6, 6.07) is 6.41. The molecule has 5 nitrogen and oxygen atoms in total. The van der Waals surface area contributed by atoms with Crippen LogP contribution in [0.4, 0.5) is 0 Å². The molecule has 1 heterocycles. The third kappa shape index (κ3) is 3.93. The topological polar surface area (TPSA) is 57.7 Å². The first-order chi connectivity index (χ1) is 10.9. The van der Waals surface area contributed by atoms with E-state index in [1.165, 1.54) is 10.4 Å². The lowest BCUT2D eigenvalue weighted by Gasteiger charge is -2.29. The van der Waals surface area contributed by atoms with Crippen LogP contribution in [0.25, 0.3) is 0 Å². The van der Waals surface area contributed by atoms with Gasteiger partial charge in [-0.1, -0.05) is 13.0 Å². The van der Waals surface area contributed by atoms with Gasteiger partial charge < -0.3 is 4.90 Å². The Bertz CT molecular complexity index is 646. The van der Waals surface area contributed by atoms with Crippen molar-refractivity contribution in [3.8, 4) is 0 Å². The molecule has 0 unspecified atom stereocenters. The molecular formula is C17H26N2O3S. The smallest absolute Gasteiger partial charge is 0.253 e. The number of piperidine rings is 1. The molecule has 0 saturated carbocycles. The molecule has 0 N–H and O–H groups in total. The Labute approximate surface area is 139 Å². The molecule has 1 aliphatic heterocycles. The zero-order valence-electron chi connectivity index (χ0n) is 14.2. The summed E-state index contributed by atoms with van der Waals surface area (Å²) in [6.45, 7) is 8.29. The van der Waals surface area contributed by atoms with Crippen LogP contribution >= 0.6 is 0 Å². The van der Waals surface area contributed by atoms with Crippen LogP contribution in [-0.4, -0.2) is 49.7 Å². The Morgan fingerprint density at radius 3 is 2.39 bits per heavy atom. The highest BCUT2D eigenvalue weighted by molar-refractivity contribution is 7.89. The van der Waals surface area contributed by atoms with E-state index in [0.29, 0.717) is 37.7 Å². The van der Waals surface area contributed by atoms with Crippen LogP contribution in [0.5, 0.6) is 0 Å². The number of nitrogens with zero attached hydrogens (tertiary/aromatic N) is 2. The van der Waals surface area contributed by atoms with Gasteiger partial charge in [-0.3, -0.25) is 4.79 Å². The molecule has 2 rings (SSSR count). The third-order valence-electron chi connectivity index (χ3n) is 4.51. The monoisotopic (exact) mass is 338 g/mol. The van der Waals surface area contributed by atoms with Crippen molar-refractivity contribution in [2.75, 3.05) is 26.2 Å². The normalized spacial score (nSPS) is 17.2. The van der Waals surface area contributed by atoms with Gasteiger partial charge in [0.05, 0.1) is 4.90 Å². The van der Waals surface area contributed by atoms with E-state index in [1.54, 1.807) is 23.1 Å². The molecule has 1 saturated heterocycles. The van der Waals surface area contributed by atoms with Gasteiger partial charge in [0.2, 0.25) is 10.0 Å². The molecule has 0 spiro atoms. The average molecular weight is 338 g/mol. The summed E-state index contributed by atoms with van der Waals surface area (Å²) < 4.78 is 27.1. The maximum absolute atomic E-state index is 12.8. The average Bonchev–Trinajstić information content (AvgIpc) is 2.56. The SMILES string of the molecule is CCN(CC)C(=O)c1cccc(S(=O)(=O)N2CCC(C)CC2)c1. The van der Waals surface area contributed by atoms with Crippen LogP contribution in [0.15, 0.2) is 29.2 Å². The summed E-state index contributed by atoms with van der Waals surface area (Å²) in [4.78, 5) is 14.3. The zero-order valence-corrected chi connectivity index (χ0v) is 15.0. The van der Waals surface area contributed by atoms with Crippen molar-refractivity contribution in [2.24, 2.45) is 5.92 Å². The maximum Gasteiger partial charge on any atom is 0.253 e. The molecule has 0 aliphatic carbocycles. The predicted molar refractivity (Wildman–Crippen MR) is 90.9 cm³/mol. The second kappa shape index (κ2) is 7.45. The lowest BCUT2D eigenvalue weighted by molar-refractivity contribution is 0.0772. The van der Waals surface area contributed by atoms with Crippen LogP contribution in [-0.2, 0) is 10.0 Å². The number of sulfonamides is 1. The Morgan fingerprint density at radius 2 is 1.83 bits per heavy atom. The van der Waals surface area contributed by atoms with Crippen molar-refractivity contribution in [3.63, 3.8) is 0 Å². The van der Waals surface area contributed by atoms with E-state index in [9.17, 15) is 13.2 Å². The lowest BCUT2D eigenvalue weighted by atomic mass is 10.0. The van der Waals surface area contributed by atoms with Gasteiger partial charge in [0, 0.05) is 31.7 Å². The van der Waals surface area contributed by atoms with E-state index in [-0.39, 0.29) is 10.8 Å². The number of carbonyl (C=O) groups excluding carboxylic acids is 1. The number of rotatable bonds is 5. The van der Waals surface area contributed by atoms with Crippen LogP contribution in [0.2, 0.25) is 0 Å². The lowest BCUT2D eigenvalue weighted by Crippen LogP contribution is -2.38. The standard InChI is InChI=1S/C17H26N2O3S/c1-4-18(5-2)17(20)15-7-6-8-16(13-15)23(21,22)19-11-9-14(3)10-12-19/h6-8,13-14H,4-5,9-12H2,1-3H3. The van der Waals surface area contributed by atoms with Crippen molar-refractivity contribution in [1.29, 1.82) is 0 Å². The highest BCUT2D eigenvalue weighted by atomic mass is 32.2. The fourth-order valence-corrected chi connectivity index (χ4v) is 4.37. The minimum absolute atomic E-state index is 0.126. The number of carbonyl (C=O) groups is 1. The van der Waals surface area contributed by atoms with Gasteiger partial charge in [-0.2, -0.15) is 4.31 Å². The van der Waals surface area contributed by atoms with Gasteiger partial charge >= 0.3 is 0 Å². The summed E-state index contributed by atoms with van der Waals surface area (Å²) >= 11 is 0. The molecule has 23 heavy (non-hydrogen) atoms. The van der Waals surface area contributed by atoms with E-state index in [4.69, 9.17) is 0 Å². The Kier molecular flexibility index (Phi) is 5.81. The first-order valence-electron chi connectivity index (χ1n) is 8.29. The second-order valence-corrected chi connectivity index (χ2v) is 8.03. The molecule has 0 atom stereocenters. The van der Waals surface area contributed by atoms with E-state index in [1.807, 2.05) is 13.8 Å². The fourth-order valence-electron chi connectivity index (χ4n) is 2.86. The summed E-state index contributed by atoms with van der Waals surface area (Å²) in [5.41, 5.74) is 0.431. The largest absolute Gasteiger partial charge is 0.339 e. The van der Waals surface area contributed by atoms with E-state index >= 15 is 0 Å². The molecule has 1 fully saturated rings. The van der Waals surface area contributed by atoms with Gasteiger partial charge in [0.1, 0.15) is 0 Å². The third-order valence-corrected chi connectivity index (χ3v) is 6.41. The predicted octanol–water partition coefficient (Wildman–Crippen LogP) is 2.59. The van der Waals surface area contributed by atoms with E-state index in [0.717, 1.165) is 12.8 Å². The van der Waals surface area contributed by atoms with Gasteiger partial charge in [-0.05, 0) is 50.8 Å². The van der Waals surface area contributed by atoms with Gasteiger partial charge in [0.25, 0.3) is 5.91 Å². The molecular weight excluding hydrogens is 312 g/mol. The molecule has 6 heteroatoms. The summed E-state index contributed by atoms with van der Waals surface area (Å²) in [5, 5.41) is 0. The summed E-state index contributed by atoms with van der Waals surface area (Å²) in [6.07, 6.45) is 1.77. The quantitative estimate of drug-likeness (QED) is 0.829. The van der Waals surface area contributed by atoms with Crippen LogP contribution in [0, 0.1) is 5.92 Å². The first kappa shape index (κ1) is 17.9. The highest BCUT2D eigenvalue weighted by Crippen LogP contribution is 2.24. The van der Waals surface area contributed by atoms with Crippen molar-refractivity contribution in [1.82, 2.24) is 9.21 Å². The summed E-state index contributed by atoms with van der Waals surface area (Å²) in [5.74, 6) is 0.441. The molecule has 128 valence electrons. The maximum atomic E-state index is 12.8. The van der Waals surface area contributed by atoms with Gasteiger partial charge in [0.15, 0.2) is 0 Å². The van der Waals surface area contributed by atoms with E-state index in [2.05, 4.69) is 6.92 Å². The van der Waals surface area contributed by atoms with Crippen molar-refractivity contribution in [3.05, 3.63) is 29.8 Å². The minimum Gasteiger partial charge on any atom is -0.339 e.